The Hall–Kier alpha value is -1.07. The Labute approximate surface area is 131 Å². The molecule has 1 saturated carbocycles. The number of primary amides is 1. The number of rotatable bonds is 5. The Morgan fingerprint density at radius 1 is 1.43 bits per heavy atom. The Balaban J connectivity index is 2.07. The van der Waals surface area contributed by atoms with E-state index in [0.29, 0.717) is 11.6 Å². The Morgan fingerprint density at radius 2 is 2.05 bits per heavy atom. The van der Waals surface area contributed by atoms with Crippen molar-refractivity contribution in [3.05, 3.63) is 16.4 Å². The summed E-state index contributed by atoms with van der Waals surface area (Å²) in [4.78, 5) is 11.9. The maximum absolute atomic E-state index is 11.9. The van der Waals surface area contributed by atoms with E-state index in [1.807, 2.05) is 18.5 Å². The average molecular weight is 313 g/mol. The van der Waals surface area contributed by atoms with Crippen molar-refractivity contribution >= 4 is 17.5 Å². The Bertz CT molecular complexity index is 520. The Kier molecular flexibility index (Phi) is 4.94. The number of carbonyl (C=O) groups is 1. The maximum atomic E-state index is 11.9. The smallest absolute Gasteiger partial charge is 0.237 e. The summed E-state index contributed by atoms with van der Waals surface area (Å²) in [7, 11) is 0. The van der Waals surface area contributed by atoms with Gasteiger partial charge in [-0.3, -0.25) is 14.8 Å². The SMILES string of the molecule is Cc1nn(CC(C)NC2(C(N)=O)CCCCC2)c(C)c1Cl. The molecule has 1 amide bonds. The molecule has 0 radical (unpaired) electrons. The first-order valence-electron chi connectivity index (χ1n) is 7.63. The second-order valence-electron chi connectivity index (χ2n) is 6.22. The number of carbonyl (C=O) groups excluding carboxylic acids is 1. The minimum absolute atomic E-state index is 0.102. The van der Waals surface area contributed by atoms with Crippen LogP contribution in [0.25, 0.3) is 0 Å². The number of hydrogen-bond acceptors (Lipinski definition) is 3. The lowest BCUT2D eigenvalue weighted by Gasteiger charge is -2.37. The van der Waals surface area contributed by atoms with E-state index >= 15 is 0 Å². The summed E-state index contributed by atoms with van der Waals surface area (Å²) in [5, 5.41) is 8.61. The predicted octanol–water partition coefficient (Wildman–Crippen LogP) is 2.32. The van der Waals surface area contributed by atoms with Crippen LogP contribution in [0.1, 0.15) is 50.4 Å². The summed E-state index contributed by atoms with van der Waals surface area (Å²) < 4.78 is 1.90. The molecule has 0 spiro atoms. The number of amides is 1. The highest BCUT2D eigenvalue weighted by atomic mass is 35.5. The molecule has 6 heteroatoms. The first-order valence-corrected chi connectivity index (χ1v) is 8.00. The zero-order valence-electron chi connectivity index (χ0n) is 13.1. The second-order valence-corrected chi connectivity index (χ2v) is 6.60. The lowest BCUT2D eigenvalue weighted by atomic mass is 9.80. The largest absolute Gasteiger partial charge is 0.368 e. The molecule has 1 aromatic heterocycles. The molecule has 1 heterocycles. The highest BCUT2D eigenvalue weighted by molar-refractivity contribution is 6.31. The van der Waals surface area contributed by atoms with E-state index in [2.05, 4.69) is 17.3 Å². The zero-order valence-corrected chi connectivity index (χ0v) is 13.8. The van der Waals surface area contributed by atoms with E-state index in [1.165, 1.54) is 6.42 Å². The highest BCUT2D eigenvalue weighted by Gasteiger charge is 2.38. The van der Waals surface area contributed by atoms with Crippen molar-refractivity contribution < 1.29 is 4.79 Å². The van der Waals surface area contributed by atoms with Crippen molar-refractivity contribution in [3.63, 3.8) is 0 Å². The van der Waals surface area contributed by atoms with Crippen LogP contribution in [0.4, 0.5) is 0 Å². The summed E-state index contributed by atoms with van der Waals surface area (Å²) >= 11 is 6.17. The molecular formula is C15H25ClN4O. The van der Waals surface area contributed by atoms with Gasteiger partial charge >= 0.3 is 0 Å². The molecule has 0 aromatic carbocycles. The van der Waals surface area contributed by atoms with Gasteiger partial charge in [-0.2, -0.15) is 5.10 Å². The van der Waals surface area contributed by atoms with Gasteiger partial charge in [-0.05, 0) is 33.6 Å². The topological polar surface area (TPSA) is 72.9 Å². The van der Waals surface area contributed by atoms with Gasteiger partial charge in [0, 0.05) is 6.04 Å². The third-order valence-electron chi connectivity index (χ3n) is 4.44. The minimum atomic E-state index is -0.558. The van der Waals surface area contributed by atoms with Crippen molar-refractivity contribution in [2.45, 2.75) is 71.0 Å². The molecule has 2 rings (SSSR count). The maximum Gasteiger partial charge on any atom is 0.237 e. The molecule has 1 fully saturated rings. The second kappa shape index (κ2) is 6.36. The molecule has 3 N–H and O–H groups in total. The number of nitrogens with two attached hydrogens (primary N) is 1. The van der Waals surface area contributed by atoms with Gasteiger partial charge in [0.05, 0.1) is 28.5 Å². The number of hydrogen-bond donors (Lipinski definition) is 2. The summed E-state index contributed by atoms with van der Waals surface area (Å²) in [6.45, 7) is 6.59. The van der Waals surface area contributed by atoms with Crippen LogP contribution < -0.4 is 11.1 Å². The van der Waals surface area contributed by atoms with E-state index in [-0.39, 0.29) is 11.9 Å². The van der Waals surface area contributed by atoms with Crippen LogP contribution in [0.3, 0.4) is 0 Å². The lowest BCUT2D eigenvalue weighted by molar-refractivity contribution is -0.126. The minimum Gasteiger partial charge on any atom is -0.368 e. The van der Waals surface area contributed by atoms with Gasteiger partial charge in [0.15, 0.2) is 0 Å². The third kappa shape index (κ3) is 3.40. The standard InChI is InChI=1S/C15H25ClN4O/c1-10(9-20-12(3)13(16)11(2)19-20)18-15(14(17)21)7-5-4-6-8-15/h10,18H,4-9H2,1-3H3,(H2,17,21). The van der Waals surface area contributed by atoms with E-state index in [1.54, 1.807) is 0 Å². The monoisotopic (exact) mass is 312 g/mol. The molecule has 1 unspecified atom stereocenters. The highest BCUT2D eigenvalue weighted by Crippen LogP contribution is 2.28. The number of nitrogens with one attached hydrogen (secondary N) is 1. The van der Waals surface area contributed by atoms with E-state index < -0.39 is 5.54 Å². The fourth-order valence-electron chi connectivity index (χ4n) is 3.25. The Morgan fingerprint density at radius 3 is 2.52 bits per heavy atom. The predicted molar refractivity (Wildman–Crippen MR) is 84.3 cm³/mol. The fraction of sp³-hybridized carbons (Fsp3) is 0.733. The molecule has 1 aromatic rings. The van der Waals surface area contributed by atoms with Crippen molar-refractivity contribution in [2.75, 3.05) is 0 Å². The quantitative estimate of drug-likeness (QED) is 0.876. The van der Waals surface area contributed by atoms with Gasteiger partial charge in [-0.25, -0.2) is 0 Å². The molecule has 1 atom stereocenters. The van der Waals surface area contributed by atoms with Crippen LogP contribution >= 0.6 is 11.6 Å². The van der Waals surface area contributed by atoms with Crippen LogP contribution in [0.15, 0.2) is 0 Å². The van der Waals surface area contributed by atoms with Gasteiger partial charge in [0.1, 0.15) is 0 Å². The van der Waals surface area contributed by atoms with Gasteiger partial charge in [-0.1, -0.05) is 30.9 Å². The fourth-order valence-corrected chi connectivity index (χ4v) is 3.38. The molecule has 1 aliphatic carbocycles. The molecule has 0 aliphatic heterocycles. The van der Waals surface area contributed by atoms with E-state index in [0.717, 1.165) is 37.1 Å². The molecule has 1 aliphatic rings. The van der Waals surface area contributed by atoms with Crippen LogP contribution in [0.5, 0.6) is 0 Å². The van der Waals surface area contributed by atoms with Crippen LogP contribution in [0, 0.1) is 13.8 Å². The normalized spacial score (nSPS) is 19.4. The first-order chi connectivity index (χ1) is 9.85. The molecule has 0 saturated heterocycles. The number of nitrogens with zero attached hydrogens (tertiary/aromatic N) is 2. The van der Waals surface area contributed by atoms with Crippen molar-refractivity contribution in [2.24, 2.45) is 5.73 Å². The van der Waals surface area contributed by atoms with Gasteiger partial charge in [-0.15, -0.1) is 0 Å². The van der Waals surface area contributed by atoms with Crippen LogP contribution in [-0.2, 0) is 11.3 Å². The van der Waals surface area contributed by atoms with Gasteiger partial charge in [0.2, 0.25) is 5.91 Å². The molecule has 5 nitrogen and oxygen atoms in total. The number of aromatic nitrogens is 2. The van der Waals surface area contributed by atoms with Gasteiger partial charge in [0.25, 0.3) is 0 Å². The number of aryl methyl sites for hydroxylation is 1. The summed E-state index contributed by atoms with van der Waals surface area (Å²) in [6.07, 6.45) is 4.93. The van der Waals surface area contributed by atoms with E-state index in [4.69, 9.17) is 17.3 Å². The summed E-state index contributed by atoms with van der Waals surface area (Å²) in [5.41, 5.74) is 6.89. The third-order valence-corrected chi connectivity index (χ3v) is 4.99. The van der Waals surface area contributed by atoms with Crippen molar-refractivity contribution in [1.29, 1.82) is 0 Å². The average Bonchev–Trinajstić information content (AvgIpc) is 2.67. The van der Waals surface area contributed by atoms with Gasteiger partial charge < -0.3 is 5.73 Å². The molecule has 0 bridgehead atoms. The van der Waals surface area contributed by atoms with Crippen molar-refractivity contribution in [3.8, 4) is 0 Å². The number of halogens is 1. The van der Waals surface area contributed by atoms with E-state index in [9.17, 15) is 4.79 Å². The molecule has 118 valence electrons. The lowest BCUT2D eigenvalue weighted by Crippen LogP contribution is -2.59. The molecular weight excluding hydrogens is 288 g/mol. The summed E-state index contributed by atoms with van der Waals surface area (Å²) in [5.74, 6) is -0.236. The molecule has 21 heavy (non-hydrogen) atoms. The first kappa shape index (κ1) is 16.3. The van der Waals surface area contributed by atoms with Crippen molar-refractivity contribution in [1.82, 2.24) is 15.1 Å². The van der Waals surface area contributed by atoms with Crippen LogP contribution in [0.2, 0.25) is 5.02 Å². The zero-order chi connectivity index (χ0) is 15.6. The summed E-state index contributed by atoms with van der Waals surface area (Å²) in [6, 6.07) is 0.102. The van der Waals surface area contributed by atoms with Crippen LogP contribution in [-0.4, -0.2) is 27.3 Å².